The van der Waals surface area contributed by atoms with Crippen LogP contribution in [0.4, 0.5) is 0 Å². The van der Waals surface area contributed by atoms with E-state index in [0.29, 0.717) is 6.54 Å². The average molecular weight is 299 g/mol. The van der Waals surface area contributed by atoms with Crippen LogP contribution in [0.2, 0.25) is 0 Å². The quantitative estimate of drug-likeness (QED) is 0.877. The van der Waals surface area contributed by atoms with Crippen LogP contribution in [-0.2, 0) is 11.3 Å². The van der Waals surface area contributed by atoms with Gasteiger partial charge < -0.3 is 15.4 Å². The summed E-state index contributed by atoms with van der Waals surface area (Å²) in [5.41, 5.74) is 0.690. The first-order valence-electron chi connectivity index (χ1n) is 6.86. The summed E-state index contributed by atoms with van der Waals surface area (Å²) in [6, 6.07) is 7.77. The van der Waals surface area contributed by atoms with Gasteiger partial charge in [-0.3, -0.25) is 4.79 Å². The number of hydrogen-bond donors (Lipinski definition) is 2. The van der Waals surface area contributed by atoms with Crippen molar-refractivity contribution >= 4 is 18.3 Å². The van der Waals surface area contributed by atoms with E-state index in [4.69, 9.17) is 4.74 Å². The number of hydrogen-bond acceptors (Lipinski definition) is 3. The molecule has 0 radical (unpaired) electrons. The lowest BCUT2D eigenvalue weighted by Crippen LogP contribution is -2.52. The van der Waals surface area contributed by atoms with Gasteiger partial charge >= 0.3 is 0 Å². The third kappa shape index (κ3) is 3.64. The molecule has 4 nitrogen and oxygen atoms in total. The van der Waals surface area contributed by atoms with E-state index in [9.17, 15) is 4.79 Å². The summed E-state index contributed by atoms with van der Waals surface area (Å²) in [6.07, 6.45) is 2.82. The fourth-order valence-corrected chi connectivity index (χ4v) is 2.60. The van der Waals surface area contributed by atoms with Gasteiger partial charge in [0.2, 0.25) is 5.91 Å². The highest BCUT2D eigenvalue weighted by Gasteiger charge is 2.38. The van der Waals surface area contributed by atoms with E-state index in [0.717, 1.165) is 37.1 Å². The van der Waals surface area contributed by atoms with Crippen molar-refractivity contribution in [3.05, 3.63) is 29.8 Å². The minimum atomic E-state index is -0.362. The van der Waals surface area contributed by atoms with Crippen LogP contribution in [0.15, 0.2) is 24.3 Å². The van der Waals surface area contributed by atoms with Gasteiger partial charge in [-0.2, -0.15) is 0 Å². The molecule has 1 atom stereocenters. The number of halogens is 1. The van der Waals surface area contributed by atoms with Crippen LogP contribution in [0.3, 0.4) is 0 Å². The molecule has 0 aliphatic carbocycles. The van der Waals surface area contributed by atoms with E-state index in [1.807, 2.05) is 24.3 Å². The van der Waals surface area contributed by atoms with Gasteiger partial charge in [-0.05, 0) is 43.5 Å². The molecule has 0 saturated carbocycles. The Bertz CT molecular complexity index is 445. The van der Waals surface area contributed by atoms with Crippen molar-refractivity contribution in [2.45, 2.75) is 38.3 Å². The first kappa shape index (κ1) is 16.8. The second-order valence-electron chi connectivity index (χ2n) is 5.00. The highest BCUT2D eigenvalue weighted by molar-refractivity contribution is 5.86. The predicted octanol–water partition coefficient (Wildman–Crippen LogP) is 2.27. The second-order valence-corrected chi connectivity index (χ2v) is 5.00. The monoisotopic (exact) mass is 298 g/mol. The Balaban J connectivity index is 0.00000200. The molecule has 1 aromatic rings. The van der Waals surface area contributed by atoms with Crippen molar-refractivity contribution in [2.24, 2.45) is 0 Å². The Morgan fingerprint density at radius 1 is 1.50 bits per heavy atom. The summed E-state index contributed by atoms with van der Waals surface area (Å²) in [6.45, 7) is 3.53. The van der Waals surface area contributed by atoms with Gasteiger partial charge in [0.1, 0.15) is 5.75 Å². The average Bonchev–Trinajstić information content (AvgIpc) is 2.95. The number of rotatable bonds is 5. The standard InChI is InChI=1S/C15H22N2O2.ClH/c1-3-15(8-5-9-17-15)14(18)16-11-12-6-4-7-13(10-12)19-2;/h4,6-7,10,17H,3,5,8-9,11H2,1-2H3,(H,16,18);1H. The van der Waals surface area contributed by atoms with Gasteiger partial charge in [0.15, 0.2) is 0 Å². The molecule has 1 aliphatic heterocycles. The molecular formula is C15H23ClN2O2. The molecule has 112 valence electrons. The third-order valence-electron chi connectivity index (χ3n) is 3.87. The normalized spacial score (nSPS) is 21.1. The number of amides is 1. The summed E-state index contributed by atoms with van der Waals surface area (Å²) >= 11 is 0. The van der Waals surface area contributed by atoms with E-state index in [2.05, 4.69) is 17.6 Å². The van der Waals surface area contributed by atoms with Crippen molar-refractivity contribution in [3.63, 3.8) is 0 Å². The Morgan fingerprint density at radius 2 is 2.30 bits per heavy atom. The molecule has 1 saturated heterocycles. The number of carbonyl (C=O) groups excluding carboxylic acids is 1. The Hall–Kier alpha value is -1.26. The molecule has 1 amide bonds. The van der Waals surface area contributed by atoms with Crippen molar-refractivity contribution in [1.29, 1.82) is 0 Å². The van der Waals surface area contributed by atoms with E-state index < -0.39 is 0 Å². The first-order chi connectivity index (χ1) is 9.20. The molecule has 1 unspecified atom stereocenters. The van der Waals surface area contributed by atoms with E-state index in [1.165, 1.54) is 0 Å². The predicted molar refractivity (Wildman–Crippen MR) is 82.3 cm³/mol. The van der Waals surface area contributed by atoms with Crippen molar-refractivity contribution < 1.29 is 9.53 Å². The molecule has 2 N–H and O–H groups in total. The lowest BCUT2D eigenvalue weighted by molar-refractivity contribution is -0.127. The summed E-state index contributed by atoms with van der Waals surface area (Å²) in [5.74, 6) is 0.922. The number of ether oxygens (including phenoxy) is 1. The molecule has 0 aromatic heterocycles. The SMILES string of the molecule is CCC1(C(=O)NCc2cccc(OC)c2)CCCN1.Cl. The van der Waals surface area contributed by atoms with Gasteiger partial charge in [0.25, 0.3) is 0 Å². The van der Waals surface area contributed by atoms with Crippen LogP contribution in [-0.4, -0.2) is 25.1 Å². The van der Waals surface area contributed by atoms with Crippen LogP contribution in [0, 0.1) is 0 Å². The van der Waals surface area contributed by atoms with E-state index >= 15 is 0 Å². The smallest absolute Gasteiger partial charge is 0.240 e. The maximum absolute atomic E-state index is 12.3. The molecule has 20 heavy (non-hydrogen) atoms. The largest absolute Gasteiger partial charge is 0.497 e. The maximum Gasteiger partial charge on any atom is 0.240 e. The van der Waals surface area contributed by atoms with Gasteiger partial charge in [0.05, 0.1) is 12.6 Å². The summed E-state index contributed by atoms with van der Waals surface area (Å²) < 4.78 is 5.18. The number of nitrogens with one attached hydrogen (secondary N) is 2. The minimum Gasteiger partial charge on any atom is -0.497 e. The van der Waals surface area contributed by atoms with Crippen molar-refractivity contribution in [1.82, 2.24) is 10.6 Å². The zero-order chi connectivity index (χ0) is 13.7. The van der Waals surface area contributed by atoms with Gasteiger partial charge in [-0.15, -0.1) is 12.4 Å². The molecule has 1 aliphatic rings. The Labute approximate surface area is 126 Å². The zero-order valence-corrected chi connectivity index (χ0v) is 12.9. The summed E-state index contributed by atoms with van der Waals surface area (Å²) in [7, 11) is 1.65. The molecule has 1 heterocycles. The van der Waals surface area contributed by atoms with Gasteiger partial charge in [-0.1, -0.05) is 19.1 Å². The lowest BCUT2D eigenvalue weighted by atomic mass is 9.93. The van der Waals surface area contributed by atoms with E-state index in [-0.39, 0.29) is 23.9 Å². The third-order valence-corrected chi connectivity index (χ3v) is 3.87. The fraction of sp³-hybridized carbons (Fsp3) is 0.533. The van der Waals surface area contributed by atoms with Crippen LogP contribution < -0.4 is 15.4 Å². The molecule has 1 aromatic carbocycles. The number of methoxy groups -OCH3 is 1. The highest BCUT2D eigenvalue weighted by atomic mass is 35.5. The van der Waals surface area contributed by atoms with E-state index in [1.54, 1.807) is 7.11 Å². The van der Waals surface area contributed by atoms with Crippen LogP contribution in [0.1, 0.15) is 31.7 Å². The molecule has 2 rings (SSSR count). The van der Waals surface area contributed by atoms with Crippen LogP contribution >= 0.6 is 12.4 Å². The van der Waals surface area contributed by atoms with Crippen molar-refractivity contribution in [3.8, 4) is 5.75 Å². The first-order valence-corrected chi connectivity index (χ1v) is 6.86. The zero-order valence-electron chi connectivity index (χ0n) is 12.1. The summed E-state index contributed by atoms with van der Waals surface area (Å²) in [4.78, 5) is 12.3. The fourth-order valence-electron chi connectivity index (χ4n) is 2.60. The Kier molecular flexibility index (Phi) is 6.30. The Morgan fingerprint density at radius 3 is 2.90 bits per heavy atom. The minimum absolute atomic E-state index is 0. The highest BCUT2D eigenvalue weighted by Crippen LogP contribution is 2.23. The number of carbonyl (C=O) groups is 1. The van der Waals surface area contributed by atoms with Gasteiger partial charge in [0, 0.05) is 6.54 Å². The van der Waals surface area contributed by atoms with Crippen LogP contribution in [0.5, 0.6) is 5.75 Å². The molecule has 0 spiro atoms. The molecule has 5 heteroatoms. The molecule has 1 fully saturated rings. The number of benzene rings is 1. The lowest BCUT2D eigenvalue weighted by Gasteiger charge is -2.26. The van der Waals surface area contributed by atoms with Crippen LogP contribution in [0.25, 0.3) is 0 Å². The topological polar surface area (TPSA) is 50.4 Å². The molecular weight excluding hydrogens is 276 g/mol. The molecule has 0 bridgehead atoms. The summed E-state index contributed by atoms with van der Waals surface area (Å²) in [5, 5.41) is 6.37. The van der Waals surface area contributed by atoms with Crippen molar-refractivity contribution in [2.75, 3.05) is 13.7 Å². The maximum atomic E-state index is 12.3. The van der Waals surface area contributed by atoms with Gasteiger partial charge in [-0.25, -0.2) is 0 Å². The second kappa shape index (κ2) is 7.50.